The Morgan fingerprint density at radius 1 is 1.00 bits per heavy atom. The summed E-state index contributed by atoms with van der Waals surface area (Å²) in [6.07, 6.45) is 2.00. The van der Waals surface area contributed by atoms with Crippen LogP contribution in [-0.4, -0.2) is 37.0 Å². The molecule has 0 heterocycles. The van der Waals surface area contributed by atoms with Crippen LogP contribution in [0.3, 0.4) is 0 Å². The standard InChI is InChI=1S/C11H13NO6/c1-3-8(13)5-6-17-10(15)11(16)18-7-12-9(14)4-2/h3-4H,1-2,5-7H2,(H,12,14). The van der Waals surface area contributed by atoms with Gasteiger partial charge in [0.15, 0.2) is 12.5 Å². The first-order valence-corrected chi connectivity index (χ1v) is 4.90. The van der Waals surface area contributed by atoms with Gasteiger partial charge >= 0.3 is 11.9 Å². The average molecular weight is 255 g/mol. The smallest absolute Gasteiger partial charge is 0.419 e. The van der Waals surface area contributed by atoms with Crippen molar-refractivity contribution in [1.29, 1.82) is 0 Å². The van der Waals surface area contributed by atoms with E-state index in [-0.39, 0.29) is 18.8 Å². The number of esters is 2. The van der Waals surface area contributed by atoms with Crippen LogP contribution in [0.4, 0.5) is 0 Å². The first-order chi connectivity index (χ1) is 8.51. The number of carbonyl (C=O) groups is 4. The van der Waals surface area contributed by atoms with Gasteiger partial charge < -0.3 is 14.8 Å². The van der Waals surface area contributed by atoms with Crippen molar-refractivity contribution in [2.24, 2.45) is 0 Å². The molecule has 0 aromatic heterocycles. The van der Waals surface area contributed by atoms with Crippen LogP contribution in [-0.2, 0) is 28.7 Å². The zero-order valence-corrected chi connectivity index (χ0v) is 9.64. The molecule has 0 radical (unpaired) electrons. The van der Waals surface area contributed by atoms with E-state index in [2.05, 4.69) is 27.9 Å². The summed E-state index contributed by atoms with van der Waals surface area (Å²) >= 11 is 0. The van der Waals surface area contributed by atoms with Gasteiger partial charge in [0, 0.05) is 6.42 Å². The van der Waals surface area contributed by atoms with Crippen molar-refractivity contribution in [1.82, 2.24) is 5.32 Å². The maximum Gasteiger partial charge on any atom is 0.419 e. The van der Waals surface area contributed by atoms with Gasteiger partial charge in [-0.2, -0.15) is 0 Å². The summed E-state index contributed by atoms with van der Waals surface area (Å²) in [5, 5.41) is 2.13. The Bertz CT molecular complexity index is 338. The highest BCUT2D eigenvalue weighted by molar-refractivity contribution is 6.29. The van der Waals surface area contributed by atoms with Gasteiger partial charge in [-0.05, 0) is 12.2 Å². The zero-order valence-electron chi connectivity index (χ0n) is 9.64. The van der Waals surface area contributed by atoms with Crippen molar-refractivity contribution in [3.63, 3.8) is 0 Å². The van der Waals surface area contributed by atoms with E-state index in [1.807, 2.05) is 0 Å². The fourth-order valence-corrected chi connectivity index (χ4v) is 0.709. The molecule has 0 unspecified atom stereocenters. The number of ketones is 1. The van der Waals surface area contributed by atoms with Crippen molar-refractivity contribution in [2.75, 3.05) is 13.3 Å². The summed E-state index contributed by atoms with van der Waals surface area (Å²) < 4.78 is 8.81. The van der Waals surface area contributed by atoms with Crippen molar-refractivity contribution >= 4 is 23.6 Å². The Morgan fingerprint density at radius 3 is 2.17 bits per heavy atom. The van der Waals surface area contributed by atoms with Crippen LogP contribution in [0.5, 0.6) is 0 Å². The molecule has 0 aliphatic heterocycles. The lowest BCUT2D eigenvalue weighted by molar-refractivity contribution is -0.168. The Kier molecular flexibility index (Phi) is 7.51. The summed E-state index contributed by atoms with van der Waals surface area (Å²) in [4.78, 5) is 43.4. The van der Waals surface area contributed by atoms with Crippen LogP contribution in [0.15, 0.2) is 25.3 Å². The second-order valence-electron chi connectivity index (χ2n) is 2.88. The van der Waals surface area contributed by atoms with Gasteiger partial charge in [0.05, 0.1) is 6.61 Å². The molecule has 0 saturated carbocycles. The SMILES string of the molecule is C=CC(=O)CCOC(=O)C(=O)OCNC(=O)C=C. The van der Waals surface area contributed by atoms with Gasteiger partial charge in [-0.15, -0.1) is 0 Å². The monoisotopic (exact) mass is 255 g/mol. The molecule has 7 heteroatoms. The summed E-state index contributed by atoms with van der Waals surface area (Å²) in [5.74, 6) is -3.35. The molecule has 1 amide bonds. The summed E-state index contributed by atoms with van der Waals surface area (Å²) in [5.41, 5.74) is 0. The summed E-state index contributed by atoms with van der Waals surface area (Å²) in [6.45, 7) is 5.70. The lowest BCUT2D eigenvalue weighted by atomic mass is 10.3. The van der Waals surface area contributed by atoms with Crippen molar-refractivity contribution < 1.29 is 28.7 Å². The molecule has 0 saturated heterocycles. The Balaban J connectivity index is 3.79. The van der Waals surface area contributed by atoms with E-state index in [4.69, 9.17) is 0 Å². The fraction of sp³-hybridized carbons (Fsp3) is 0.273. The maximum absolute atomic E-state index is 11.0. The highest BCUT2D eigenvalue weighted by Gasteiger charge is 2.17. The number of nitrogens with one attached hydrogen (secondary N) is 1. The molecule has 0 aliphatic carbocycles. The van der Waals surface area contributed by atoms with Gasteiger partial charge in [-0.3, -0.25) is 9.59 Å². The highest BCUT2D eigenvalue weighted by atomic mass is 16.6. The van der Waals surface area contributed by atoms with E-state index in [0.29, 0.717) is 0 Å². The molecule has 0 fully saturated rings. The van der Waals surface area contributed by atoms with Crippen molar-refractivity contribution in [2.45, 2.75) is 6.42 Å². The van der Waals surface area contributed by atoms with E-state index in [1.54, 1.807) is 0 Å². The summed E-state index contributed by atoms with van der Waals surface area (Å²) in [6, 6.07) is 0. The van der Waals surface area contributed by atoms with Gasteiger partial charge in [0.25, 0.3) is 0 Å². The van der Waals surface area contributed by atoms with Crippen LogP contribution in [0.1, 0.15) is 6.42 Å². The Labute approximate surface area is 103 Å². The second-order valence-corrected chi connectivity index (χ2v) is 2.88. The van der Waals surface area contributed by atoms with Gasteiger partial charge in [-0.25, -0.2) is 9.59 Å². The van der Waals surface area contributed by atoms with Gasteiger partial charge in [-0.1, -0.05) is 13.2 Å². The minimum Gasteiger partial charge on any atom is -0.457 e. The number of hydrogen-bond acceptors (Lipinski definition) is 6. The first kappa shape index (κ1) is 15.6. The number of amides is 1. The predicted molar refractivity (Wildman–Crippen MR) is 60.1 cm³/mol. The Morgan fingerprint density at radius 2 is 1.61 bits per heavy atom. The van der Waals surface area contributed by atoms with Crippen LogP contribution in [0.25, 0.3) is 0 Å². The molecule has 98 valence electrons. The maximum atomic E-state index is 11.0. The zero-order chi connectivity index (χ0) is 14.0. The van der Waals surface area contributed by atoms with Crippen LogP contribution in [0.2, 0.25) is 0 Å². The van der Waals surface area contributed by atoms with Gasteiger partial charge in [0.1, 0.15) is 0 Å². The fourth-order valence-electron chi connectivity index (χ4n) is 0.709. The minimum absolute atomic E-state index is 0.0598. The molecule has 1 N–H and O–H groups in total. The lowest BCUT2D eigenvalue weighted by Crippen LogP contribution is -2.29. The largest absolute Gasteiger partial charge is 0.457 e. The number of rotatable bonds is 7. The van der Waals surface area contributed by atoms with E-state index in [0.717, 1.165) is 12.2 Å². The molecule has 0 spiro atoms. The molecule has 0 atom stereocenters. The normalized spacial score (nSPS) is 8.89. The van der Waals surface area contributed by atoms with E-state index in [1.165, 1.54) is 0 Å². The summed E-state index contributed by atoms with van der Waals surface area (Å²) in [7, 11) is 0. The van der Waals surface area contributed by atoms with Crippen molar-refractivity contribution in [3.05, 3.63) is 25.3 Å². The first-order valence-electron chi connectivity index (χ1n) is 4.90. The van der Waals surface area contributed by atoms with Crippen LogP contribution < -0.4 is 5.32 Å². The van der Waals surface area contributed by atoms with Crippen LogP contribution >= 0.6 is 0 Å². The average Bonchev–Trinajstić information content (AvgIpc) is 2.37. The molecule has 0 aromatic rings. The third-order valence-corrected chi connectivity index (χ3v) is 1.61. The molecule has 0 rings (SSSR count). The minimum atomic E-state index is -1.26. The Hall–Kier alpha value is -2.44. The van der Waals surface area contributed by atoms with Crippen LogP contribution in [0, 0.1) is 0 Å². The molecule has 0 bridgehead atoms. The number of allylic oxidation sites excluding steroid dienone is 1. The number of ether oxygens (including phenoxy) is 2. The van der Waals surface area contributed by atoms with E-state index >= 15 is 0 Å². The topological polar surface area (TPSA) is 98.8 Å². The van der Waals surface area contributed by atoms with E-state index < -0.39 is 24.6 Å². The lowest BCUT2D eigenvalue weighted by Gasteiger charge is -2.05. The molecular weight excluding hydrogens is 242 g/mol. The molecule has 18 heavy (non-hydrogen) atoms. The quantitative estimate of drug-likeness (QED) is 0.284. The molecule has 7 nitrogen and oxygen atoms in total. The number of hydrogen-bond donors (Lipinski definition) is 1. The van der Waals surface area contributed by atoms with Gasteiger partial charge in [0.2, 0.25) is 5.91 Å². The van der Waals surface area contributed by atoms with E-state index in [9.17, 15) is 19.2 Å². The molecule has 0 aliphatic rings. The third-order valence-electron chi connectivity index (χ3n) is 1.61. The van der Waals surface area contributed by atoms with Crippen molar-refractivity contribution in [3.8, 4) is 0 Å². The number of carbonyl (C=O) groups excluding carboxylic acids is 4. The molecular formula is C11H13NO6. The third kappa shape index (κ3) is 6.94. The second kappa shape index (κ2) is 8.68. The predicted octanol–water partition coefficient (Wildman–Crippen LogP) is -0.522. The highest BCUT2D eigenvalue weighted by Crippen LogP contribution is 1.89. The molecule has 0 aromatic carbocycles.